The van der Waals surface area contributed by atoms with Crippen molar-refractivity contribution in [1.82, 2.24) is 9.47 Å². The van der Waals surface area contributed by atoms with Gasteiger partial charge in [-0.1, -0.05) is 12.1 Å². The first-order valence-corrected chi connectivity index (χ1v) is 10.7. The third kappa shape index (κ3) is 4.81. The molecular weight excluding hydrogens is 402 g/mol. The van der Waals surface area contributed by atoms with E-state index in [1.807, 2.05) is 24.3 Å². The van der Waals surface area contributed by atoms with Crippen LogP contribution in [0.2, 0.25) is 0 Å². The molecule has 30 heavy (non-hydrogen) atoms. The minimum atomic E-state index is -0.298. The molecule has 0 unspecified atom stereocenters. The van der Waals surface area contributed by atoms with Crippen LogP contribution in [0.5, 0.6) is 5.75 Å². The van der Waals surface area contributed by atoms with Crippen LogP contribution < -0.4 is 19.5 Å². The van der Waals surface area contributed by atoms with Gasteiger partial charge >= 0.3 is 0 Å². The second-order valence-corrected chi connectivity index (χ2v) is 8.01. The Morgan fingerprint density at radius 1 is 1.23 bits per heavy atom. The second kappa shape index (κ2) is 10.2. The molecule has 0 spiro atoms. The molecule has 1 aliphatic heterocycles. The number of hydrogen-bond donors (Lipinski definition) is 0. The lowest BCUT2D eigenvalue weighted by atomic mass is 10.2. The highest BCUT2D eigenvalue weighted by Crippen LogP contribution is 2.13. The predicted molar refractivity (Wildman–Crippen MR) is 116 cm³/mol. The summed E-state index contributed by atoms with van der Waals surface area (Å²) in [5, 5.41) is 9.76. The monoisotopic (exact) mass is 427 g/mol. The molecule has 2 heterocycles. The number of ether oxygens (including phenoxy) is 2. The highest BCUT2D eigenvalue weighted by atomic mass is 32.1. The summed E-state index contributed by atoms with van der Waals surface area (Å²) in [5.41, 5.74) is 0.670. The van der Waals surface area contributed by atoms with Crippen LogP contribution in [0.1, 0.15) is 24.8 Å². The Kier molecular flexibility index (Phi) is 7.44. The molecule has 0 radical (unpaired) electrons. The largest absolute Gasteiger partial charge is 0.497 e. The lowest BCUT2D eigenvalue weighted by Crippen LogP contribution is -2.36. The lowest BCUT2D eigenvalue weighted by molar-refractivity contribution is -0.123. The summed E-state index contributed by atoms with van der Waals surface area (Å²) in [6, 6.07) is 9.42. The van der Waals surface area contributed by atoms with E-state index in [0.717, 1.165) is 24.2 Å². The molecule has 1 fully saturated rings. The van der Waals surface area contributed by atoms with Crippen molar-refractivity contribution in [3.8, 4) is 11.8 Å². The van der Waals surface area contributed by atoms with E-state index >= 15 is 0 Å². The van der Waals surface area contributed by atoms with Crippen LogP contribution in [0.4, 0.5) is 0 Å². The average Bonchev–Trinajstić information content (AvgIpc) is 3.40. The van der Waals surface area contributed by atoms with Crippen molar-refractivity contribution in [3.05, 3.63) is 49.4 Å². The van der Waals surface area contributed by atoms with Gasteiger partial charge in [0, 0.05) is 33.4 Å². The van der Waals surface area contributed by atoms with Gasteiger partial charge in [-0.25, -0.2) is 0 Å². The summed E-state index contributed by atoms with van der Waals surface area (Å²) in [6.45, 7) is 2.16. The molecule has 0 N–H and O–H groups in total. The zero-order valence-corrected chi connectivity index (χ0v) is 18.0. The maximum absolute atomic E-state index is 13.1. The van der Waals surface area contributed by atoms with Crippen LogP contribution in [-0.2, 0) is 16.1 Å². The molecule has 8 heteroatoms. The Morgan fingerprint density at radius 2 is 1.93 bits per heavy atom. The van der Waals surface area contributed by atoms with Crippen LogP contribution >= 0.6 is 11.3 Å². The highest BCUT2D eigenvalue weighted by molar-refractivity contribution is 7.07. The van der Waals surface area contributed by atoms with E-state index in [1.165, 1.54) is 15.9 Å². The predicted octanol–water partition coefficient (Wildman–Crippen LogP) is 1.08. The number of aromatic nitrogens is 1. The minimum absolute atomic E-state index is 0.0331. The topological polar surface area (TPSA) is 84.6 Å². The number of rotatable bonds is 7. The average molecular weight is 428 g/mol. The highest BCUT2D eigenvalue weighted by Gasteiger charge is 2.24. The normalized spacial score (nSPS) is 15.2. The molecule has 3 rings (SSSR count). The summed E-state index contributed by atoms with van der Waals surface area (Å²) in [5.74, 6) is 0.431. The first-order chi connectivity index (χ1) is 14.6. The van der Waals surface area contributed by atoms with E-state index in [9.17, 15) is 14.9 Å². The van der Waals surface area contributed by atoms with Crippen molar-refractivity contribution in [1.29, 1.82) is 5.26 Å². The number of benzene rings is 1. The summed E-state index contributed by atoms with van der Waals surface area (Å²) < 4.78 is 12.7. The molecule has 1 aliphatic rings. The molecule has 1 aromatic carbocycles. The van der Waals surface area contributed by atoms with Crippen LogP contribution in [0.15, 0.2) is 29.1 Å². The molecular formula is C22H25N3O4S. The first kappa shape index (κ1) is 21.8. The first-order valence-electron chi connectivity index (χ1n) is 9.87. The molecule has 1 amide bonds. The minimum Gasteiger partial charge on any atom is -0.497 e. The van der Waals surface area contributed by atoms with E-state index in [1.54, 1.807) is 25.2 Å². The summed E-state index contributed by atoms with van der Waals surface area (Å²) >= 11 is 1.18. The van der Waals surface area contributed by atoms with Crippen molar-refractivity contribution in [2.75, 3.05) is 33.9 Å². The van der Waals surface area contributed by atoms with E-state index in [4.69, 9.17) is 9.47 Å². The van der Waals surface area contributed by atoms with E-state index in [-0.39, 0.29) is 17.0 Å². The van der Waals surface area contributed by atoms with E-state index < -0.39 is 0 Å². The molecule has 7 nitrogen and oxygen atoms in total. The standard InChI is InChI=1S/C22H25N3O4S/c1-28-13-5-12-25-21(27)19(14-16-6-8-17(29-2)9-7-16)30-22(25)18(15-23)20(26)24-10-3-4-11-24/h6-9,14H,3-5,10-13H2,1-2H3. The van der Waals surface area contributed by atoms with Crippen LogP contribution in [0.3, 0.4) is 0 Å². The molecule has 158 valence electrons. The molecule has 0 bridgehead atoms. The van der Waals surface area contributed by atoms with Gasteiger partial charge in [-0.3, -0.25) is 14.2 Å². The number of carbonyl (C=O) groups excluding carboxylic acids is 1. The zero-order chi connectivity index (χ0) is 21.5. The van der Waals surface area contributed by atoms with Gasteiger partial charge in [0.05, 0.1) is 11.6 Å². The second-order valence-electron chi connectivity index (χ2n) is 6.98. The quantitative estimate of drug-likeness (QED) is 0.618. The lowest BCUT2D eigenvalue weighted by Gasteiger charge is -2.14. The number of carbonyl (C=O) groups is 1. The van der Waals surface area contributed by atoms with Crippen molar-refractivity contribution < 1.29 is 14.3 Å². The van der Waals surface area contributed by atoms with E-state index in [0.29, 0.717) is 41.9 Å². The van der Waals surface area contributed by atoms with Gasteiger partial charge in [0.15, 0.2) is 5.57 Å². The van der Waals surface area contributed by atoms with Crippen LogP contribution in [-0.4, -0.2) is 49.3 Å². The Labute approximate surface area is 179 Å². The number of hydrogen-bond acceptors (Lipinski definition) is 6. The number of nitrogens with zero attached hydrogens (tertiary/aromatic N) is 3. The third-order valence-electron chi connectivity index (χ3n) is 4.98. The Balaban J connectivity index is 2.13. The molecule has 0 aliphatic carbocycles. The fraction of sp³-hybridized carbons (Fsp3) is 0.409. The Hall–Kier alpha value is -2.89. The number of likely N-dealkylation sites (tertiary alicyclic amines) is 1. The number of methoxy groups -OCH3 is 2. The van der Waals surface area contributed by atoms with Crippen LogP contribution in [0.25, 0.3) is 11.6 Å². The fourth-order valence-corrected chi connectivity index (χ4v) is 4.51. The van der Waals surface area contributed by atoms with Gasteiger partial charge in [0.25, 0.3) is 11.5 Å². The molecule has 0 saturated carbocycles. The number of thiazole rings is 1. The molecule has 2 aromatic rings. The Bertz CT molecular complexity index is 1100. The van der Waals surface area contributed by atoms with Gasteiger partial charge in [0.2, 0.25) is 0 Å². The summed E-state index contributed by atoms with van der Waals surface area (Å²) in [7, 11) is 3.20. The number of nitriles is 1. The van der Waals surface area contributed by atoms with Gasteiger partial charge in [-0.05, 0) is 43.0 Å². The zero-order valence-electron chi connectivity index (χ0n) is 17.2. The van der Waals surface area contributed by atoms with Gasteiger partial charge in [-0.15, -0.1) is 11.3 Å². The van der Waals surface area contributed by atoms with Crippen molar-refractivity contribution >= 4 is 28.9 Å². The fourth-order valence-electron chi connectivity index (χ4n) is 3.39. The SMILES string of the molecule is COCCCn1c(=C(C#N)C(=O)N2CCCC2)sc(=Cc2ccc(OC)cc2)c1=O. The molecule has 1 aromatic heterocycles. The van der Waals surface area contributed by atoms with Gasteiger partial charge in [0.1, 0.15) is 16.5 Å². The number of amides is 1. The summed E-state index contributed by atoms with van der Waals surface area (Å²) in [4.78, 5) is 27.7. The van der Waals surface area contributed by atoms with E-state index in [2.05, 4.69) is 6.07 Å². The molecule has 1 saturated heterocycles. The van der Waals surface area contributed by atoms with Gasteiger partial charge in [-0.2, -0.15) is 5.26 Å². The van der Waals surface area contributed by atoms with Crippen molar-refractivity contribution in [3.63, 3.8) is 0 Å². The third-order valence-corrected chi connectivity index (χ3v) is 6.11. The maximum atomic E-state index is 13.1. The van der Waals surface area contributed by atoms with Crippen LogP contribution in [0, 0.1) is 11.3 Å². The Morgan fingerprint density at radius 3 is 2.53 bits per heavy atom. The van der Waals surface area contributed by atoms with Crippen molar-refractivity contribution in [2.45, 2.75) is 25.8 Å². The van der Waals surface area contributed by atoms with Gasteiger partial charge < -0.3 is 14.4 Å². The summed E-state index contributed by atoms with van der Waals surface area (Å²) in [6.07, 6.45) is 4.26. The van der Waals surface area contributed by atoms with Crippen molar-refractivity contribution in [2.24, 2.45) is 0 Å². The molecule has 0 atom stereocenters. The maximum Gasteiger partial charge on any atom is 0.269 e. The smallest absolute Gasteiger partial charge is 0.269 e.